The van der Waals surface area contributed by atoms with Crippen molar-refractivity contribution in [2.24, 2.45) is 0 Å². The third-order valence-corrected chi connectivity index (χ3v) is 3.76. The molecule has 0 bridgehead atoms. The molecule has 2 atom stereocenters. The number of nitrogens with one attached hydrogen (secondary N) is 1. The van der Waals surface area contributed by atoms with Crippen molar-refractivity contribution < 1.29 is 9.84 Å². The van der Waals surface area contributed by atoms with Gasteiger partial charge in [0, 0.05) is 17.6 Å². The lowest BCUT2D eigenvalue weighted by atomic mass is 10.0. The van der Waals surface area contributed by atoms with E-state index < -0.39 is 0 Å². The summed E-state index contributed by atoms with van der Waals surface area (Å²) in [4.78, 5) is 0. The van der Waals surface area contributed by atoms with Crippen molar-refractivity contribution in [3.8, 4) is 11.5 Å². The average Bonchev–Trinajstić information content (AvgIpc) is 2.53. The van der Waals surface area contributed by atoms with Crippen LogP contribution in [0.5, 0.6) is 11.5 Å². The minimum atomic E-state index is 0.180. The molecule has 2 N–H and O–H groups in total. The number of benzene rings is 2. The van der Waals surface area contributed by atoms with Crippen molar-refractivity contribution in [3.05, 3.63) is 59.7 Å². The van der Waals surface area contributed by atoms with Gasteiger partial charge in [0.2, 0.25) is 0 Å². The Morgan fingerprint density at radius 3 is 2.38 bits per heavy atom. The van der Waals surface area contributed by atoms with Crippen molar-refractivity contribution >= 4 is 0 Å². The van der Waals surface area contributed by atoms with Gasteiger partial charge in [-0.25, -0.2) is 0 Å². The van der Waals surface area contributed by atoms with Gasteiger partial charge in [-0.15, -0.1) is 0 Å². The number of hydrogen-bond acceptors (Lipinski definition) is 3. The molecule has 0 spiro atoms. The highest BCUT2D eigenvalue weighted by atomic mass is 16.5. The maximum Gasteiger partial charge on any atom is 0.123 e. The highest BCUT2D eigenvalue weighted by Crippen LogP contribution is 2.28. The quantitative estimate of drug-likeness (QED) is 0.835. The first-order valence-corrected chi connectivity index (χ1v) is 7.33. The van der Waals surface area contributed by atoms with E-state index in [1.807, 2.05) is 30.3 Å². The third kappa shape index (κ3) is 3.76. The van der Waals surface area contributed by atoms with Crippen LogP contribution < -0.4 is 10.1 Å². The van der Waals surface area contributed by atoms with Crippen LogP contribution in [0.1, 0.15) is 43.5 Å². The van der Waals surface area contributed by atoms with Crippen LogP contribution in [-0.2, 0) is 0 Å². The second-order valence-electron chi connectivity index (χ2n) is 5.18. The van der Waals surface area contributed by atoms with Crippen LogP contribution in [0.2, 0.25) is 0 Å². The summed E-state index contributed by atoms with van der Waals surface area (Å²) < 4.78 is 5.43. The van der Waals surface area contributed by atoms with Crippen LogP contribution in [0, 0.1) is 0 Å². The van der Waals surface area contributed by atoms with E-state index in [0.717, 1.165) is 17.7 Å². The molecule has 112 valence electrons. The number of aromatic hydroxyl groups is 1. The fraction of sp³-hybridized carbons (Fsp3) is 0.333. The largest absolute Gasteiger partial charge is 0.508 e. The summed E-state index contributed by atoms with van der Waals surface area (Å²) >= 11 is 0. The molecule has 0 saturated carbocycles. The van der Waals surface area contributed by atoms with Crippen LogP contribution in [-0.4, -0.2) is 12.2 Å². The molecular weight excluding hydrogens is 262 g/mol. The molecule has 0 amide bonds. The standard InChI is InChI=1S/C18H23NO2/c1-4-17(14-9-11-15(20)12-10-14)19-13(2)16-7-5-6-8-18(16)21-3/h5-13,17,19-20H,4H2,1-3H3/t13-,17?/m0/s1. The predicted molar refractivity (Wildman–Crippen MR) is 85.7 cm³/mol. The molecule has 0 aliphatic rings. The SMILES string of the molecule is CCC(N[C@@H](C)c1ccccc1OC)c1ccc(O)cc1. The molecule has 0 aliphatic carbocycles. The summed E-state index contributed by atoms with van der Waals surface area (Å²) in [7, 11) is 1.70. The molecule has 0 aliphatic heterocycles. The summed E-state index contributed by atoms with van der Waals surface area (Å²) in [6.07, 6.45) is 0.976. The van der Waals surface area contributed by atoms with E-state index in [0.29, 0.717) is 5.75 Å². The van der Waals surface area contributed by atoms with Gasteiger partial charge in [0.1, 0.15) is 11.5 Å². The lowest BCUT2D eigenvalue weighted by Crippen LogP contribution is -2.24. The van der Waals surface area contributed by atoms with Gasteiger partial charge in [-0.1, -0.05) is 37.3 Å². The van der Waals surface area contributed by atoms with Crippen LogP contribution in [0.25, 0.3) is 0 Å². The zero-order chi connectivity index (χ0) is 15.2. The Bertz CT molecular complexity index is 566. The van der Waals surface area contributed by atoms with Gasteiger partial charge in [0.15, 0.2) is 0 Å². The van der Waals surface area contributed by atoms with Crippen molar-refractivity contribution in [2.75, 3.05) is 7.11 Å². The molecule has 21 heavy (non-hydrogen) atoms. The minimum Gasteiger partial charge on any atom is -0.508 e. The summed E-state index contributed by atoms with van der Waals surface area (Å²) in [5, 5.41) is 13.0. The highest BCUT2D eigenvalue weighted by molar-refractivity contribution is 5.36. The number of phenols is 1. The van der Waals surface area contributed by atoms with Crippen LogP contribution >= 0.6 is 0 Å². The Morgan fingerprint density at radius 1 is 1.10 bits per heavy atom. The first-order valence-electron chi connectivity index (χ1n) is 7.33. The highest BCUT2D eigenvalue weighted by Gasteiger charge is 2.16. The minimum absolute atomic E-state index is 0.180. The molecule has 0 heterocycles. The molecule has 3 heteroatoms. The Morgan fingerprint density at radius 2 is 1.76 bits per heavy atom. The topological polar surface area (TPSA) is 41.5 Å². The molecular formula is C18H23NO2. The van der Waals surface area contributed by atoms with Gasteiger partial charge in [0.05, 0.1) is 7.11 Å². The zero-order valence-corrected chi connectivity index (χ0v) is 12.8. The number of rotatable bonds is 6. The van der Waals surface area contributed by atoms with Crippen molar-refractivity contribution in [1.29, 1.82) is 0 Å². The number of methoxy groups -OCH3 is 1. The monoisotopic (exact) mass is 285 g/mol. The van der Waals surface area contributed by atoms with Gasteiger partial charge < -0.3 is 15.2 Å². The summed E-state index contributed by atoms with van der Waals surface area (Å²) in [5.74, 6) is 1.20. The molecule has 2 rings (SSSR count). The zero-order valence-electron chi connectivity index (χ0n) is 12.8. The lowest BCUT2D eigenvalue weighted by Gasteiger charge is -2.24. The summed E-state index contributed by atoms with van der Waals surface area (Å²) in [6.45, 7) is 4.29. The van der Waals surface area contributed by atoms with Gasteiger partial charge in [-0.3, -0.25) is 0 Å². The molecule has 0 radical (unpaired) electrons. The molecule has 2 aromatic carbocycles. The average molecular weight is 285 g/mol. The van der Waals surface area contributed by atoms with Crippen molar-refractivity contribution in [2.45, 2.75) is 32.4 Å². The molecule has 3 nitrogen and oxygen atoms in total. The van der Waals surface area contributed by atoms with Gasteiger partial charge in [0.25, 0.3) is 0 Å². The molecule has 0 fully saturated rings. The maximum atomic E-state index is 9.40. The normalized spacial score (nSPS) is 13.7. The Hall–Kier alpha value is -2.00. The van der Waals surface area contributed by atoms with Crippen LogP contribution in [0.4, 0.5) is 0 Å². The lowest BCUT2D eigenvalue weighted by molar-refractivity contribution is 0.392. The fourth-order valence-corrected chi connectivity index (χ4v) is 2.57. The third-order valence-electron chi connectivity index (χ3n) is 3.76. The van der Waals surface area contributed by atoms with E-state index in [9.17, 15) is 5.11 Å². The Balaban J connectivity index is 2.16. The second-order valence-corrected chi connectivity index (χ2v) is 5.18. The van der Waals surface area contributed by atoms with Gasteiger partial charge in [-0.2, -0.15) is 0 Å². The van der Waals surface area contributed by atoms with Gasteiger partial charge >= 0.3 is 0 Å². The predicted octanol–water partition coefficient (Wildman–Crippen LogP) is 4.20. The number of hydrogen-bond donors (Lipinski definition) is 2. The molecule has 2 aromatic rings. The van der Waals surface area contributed by atoms with E-state index in [4.69, 9.17) is 4.74 Å². The van der Waals surface area contributed by atoms with Crippen molar-refractivity contribution in [3.63, 3.8) is 0 Å². The Kier molecular flexibility index (Phi) is 5.23. The molecule has 0 aromatic heterocycles. The van der Waals surface area contributed by atoms with E-state index in [-0.39, 0.29) is 12.1 Å². The van der Waals surface area contributed by atoms with E-state index in [2.05, 4.69) is 25.2 Å². The van der Waals surface area contributed by atoms with Crippen LogP contribution in [0.3, 0.4) is 0 Å². The summed E-state index contributed by atoms with van der Waals surface area (Å²) in [6, 6.07) is 15.9. The first-order chi connectivity index (χ1) is 10.2. The molecule has 0 saturated heterocycles. The van der Waals surface area contributed by atoms with Crippen LogP contribution in [0.15, 0.2) is 48.5 Å². The van der Waals surface area contributed by atoms with E-state index >= 15 is 0 Å². The molecule has 1 unspecified atom stereocenters. The number of phenolic OH excluding ortho intramolecular Hbond substituents is 1. The second kappa shape index (κ2) is 7.14. The smallest absolute Gasteiger partial charge is 0.123 e. The fourth-order valence-electron chi connectivity index (χ4n) is 2.57. The Labute approximate surface area is 126 Å². The van der Waals surface area contributed by atoms with E-state index in [1.165, 1.54) is 5.56 Å². The van der Waals surface area contributed by atoms with E-state index in [1.54, 1.807) is 19.2 Å². The van der Waals surface area contributed by atoms with Gasteiger partial charge in [-0.05, 0) is 37.1 Å². The maximum absolute atomic E-state index is 9.40. The number of para-hydroxylation sites is 1. The number of ether oxygens (including phenoxy) is 1. The van der Waals surface area contributed by atoms with Crippen molar-refractivity contribution in [1.82, 2.24) is 5.32 Å². The first kappa shape index (κ1) is 15.4. The summed E-state index contributed by atoms with van der Waals surface area (Å²) in [5.41, 5.74) is 2.33.